The predicted octanol–water partition coefficient (Wildman–Crippen LogP) is 1.61. The molecule has 130 valence electrons. The van der Waals surface area contributed by atoms with E-state index in [9.17, 15) is 4.79 Å². The molecule has 0 saturated carbocycles. The average Bonchev–Trinajstić information content (AvgIpc) is 3.09. The first-order valence-corrected chi connectivity index (χ1v) is 8.84. The minimum atomic E-state index is 0.0598. The molecule has 0 spiro atoms. The van der Waals surface area contributed by atoms with Crippen molar-refractivity contribution in [1.29, 1.82) is 0 Å². The van der Waals surface area contributed by atoms with E-state index in [-0.39, 0.29) is 5.91 Å². The van der Waals surface area contributed by atoms with Gasteiger partial charge in [-0.3, -0.25) is 4.79 Å². The van der Waals surface area contributed by atoms with E-state index >= 15 is 0 Å². The summed E-state index contributed by atoms with van der Waals surface area (Å²) in [5, 5.41) is 0.595. The molecule has 2 aromatic rings. The van der Waals surface area contributed by atoms with Gasteiger partial charge in [0.25, 0.3) is 5.91 Å². The number of nitrogens with one attached hydrogen (secondary N) is 1. The van der Waals surface area contributed by atoms with Crippen molar-refractivity contribution in [2.24, 2.45) is 0 Å². The second-order valence-corrected chi connectivity index (χ2v) is 6.85. The minimum Gasteiger partial charge on any atom is -0.454 e. The summed E-state index contributed by atoms with van der Waals surface area (Å²) in [5.74, 6) is 1.70. The van der Waals surface area contributed by atoms with Crippen LogP contribution in [0, 0.1) is 0 Å². The Hall–Kier alpha value is -2.24. The highest BCUT2D eigenvalue weighted by atomic mass is 35.5. The van der Waals surface area contributed by atoms with Crippen molar-refractivity contribution in [1.82, 2.24) is 4.90 Å². The zero-order valence-electron chi connectivity index (χ0n) is 13.8. The number of halogens is 1. The van der Waals surface area contributed by atoms with Crippen molar-refractivity contribution in [3.05, 3.63) is 58.6 Å². The maximum Gasteiger partial charge on any atom is 0.254 e. The molecule has 2 aliphatic rings. The van der Waals surface area contributed by atoms with Crippen LogP contribution in [0.2, 0.25) is 5.02 Å². The summed E-state index contributed by atoms with van der Waals surface area (Å²) in [6.45, 7) is 4.60. The van der Waals surface area contributed by atoms with Crippen LogP contribution in [0.3, 0.4) is 0 Å². The van der Waals surface area contributed by atoms with E-state index in [1.165, 1.54) is 10.5 Å². The van der Waals surface area contributed by atoms with Gasteiger partial charge in [-0.1, -0.05) is 17.7 Å². The number of hydrogen-bond donors (Lipinski definition) is 1. The Bertz CT molecular complexity index is 788. The molecule has 25 heavy (non-hydrogen) atoms. The van der Waals surface area contributed by atoms with E-state index in [1.54, 1.807) is 12.1 Å². The van der Waals surface area contributed by atoms with Crippen molar-refractivity contribution in [3.63, 3.8) is 0 Å². The number of amides is 1. The molecule has 1 saturated heterocycles. The highest BCUT2D eigenvalue weighted by Crippen LogP contribution is 2.32. The first-order valence-electron chi connectivity index (χ1n) is 8.46. The molecule has 1 amide bonds. The highest BCUT2D eigenvalue weighted by molar-refractivity contribution is 6.30. The Morgan fingerprint density at radius 2 is 1.88 bits per heavy atom. The molecule has 1 N–H and O–H groups in total. The Labute approximate surface area is 151 Å². The molecular weight excluding hydrogens is 340 g/mol. The van der Waals surface area contributed by atoms with Crippen LogP contribution in [-0.4, -0.2) is 43.8 Å². The summed E-state index contributed by atoms with van der Waals surface area (Å²) in [6, 6.07) is 13.3. The summed E-state index contributed by atoms with van der Waals surface area (Å²) >= 11 is 5.99. The fourth-order valence-electron chi connectivity index (χ4n) is 3.35. The number of hydrogen-bond acceptors (Lipinski definition) is 3. The van der Waals surface area contributed by atoms with Crippen LogP contribution in [0.1, 0.15) is 15.9 Å². The van der Waals surface area contributed by atoms with Crippen LogP contribution in [0.4, 0.5) is 0 Å². The van der Waals surface area contributed by atoms with E-state index in [2.05, 4.69) is 12.1 Å². The quantitative estimate of drug-likeness (QED) is 0.905. The lowest BCUT2D eigenvalue weighted by Gasteiger charge is -2.32. The fraction of sp³-hybridized carbons (Fsp3) is 0.316. The Morgan fingerprint density at radius 3 is 2.68 bits per heavy atom. The van der Waals surface area contributed by atoms with Gasteiger partial charge >= 0.3 is 0 Å². The SMILES string of the molecule is O=C(c1cccc(Cl)c1)N1CC[NH+](Cc2ccc3c(c2)OCO3)CC1. The van der Waals surface area contributed by atoms with Crippen molar-refractivity contribution < 1.29 is 19.2 Å². The number of quaternary nitrogens is 1. The maximum atomic E-state index is 12.6. The second-order valence-electron chi connectivity index (χ2n) is 6.42. The van der Waals surface area contributed by atoms with Gasteiger partial charge in [0.05, 0.1) is 26.2 Å². The molecule has 1 fully saturated rings. The van der Waals surface area contributed by atoms with Gasteiger partial charge < -0.3 is 19.3 Å². The first kappa shape index (κ1) is 16.2. The maximum absolute atomic E-state index is 12.6. The van der Waals surface area contributed by atoms with Gasteiger partial charge in [-0.05, 0) is 36.4 Å². The molecule has 2 heterocycles. The smallest absolute Gasteiger partial charge is 0.254 e. The molecule has 0 aliphatic carbocycles. The number of carbonyl (C=O) groups excluding carboxylic acids is 1. The standard InChI is InChI=1S/C19H19ClN2O3/c20-16-3-1-2-15(11-16)19(23)22-8-6-21(7-9-22)12-14-4-5-17-18(10-14)25-13-24-17/h1-5,10-11H,6-9,12-13H2/p+1. The molecule has 0 aromatic heterocycles. The molecule has 6 heteroatoms. The molecule has 4 rings (SSSR count). The molecule has 0 unspecified atom stereocenters. The van der Waals surface area contributed by atoms with E-state index in [0.717, 1.165) is 44.2 Å². The third kappa shape index (κ3) is 3.57. The Kier molecular flexibility index (Phi) is 4.51. The minimum absolute atomic E-state index is 0.0598. The van der Waals surface area contributed by atoms with Crippen molar-refractivity contribution in [2.45, 2.75) is 6.54 Å². The number of benzene rings is 2. The second kappa shape index (κ2) is 6.94. The van der Waals surface area contributed by atoms with Crippen molar-refractivity contribution in [3.8, 4) is 11.5 Å². The number of ether oxygens (including phenoxy) is 2. The molecule has 0 atom stereocenters. The van der Waals surface area contributed by atoms with Gasteiger partial charge in [-0.15, -0.1) is 0 Å². The van der Waals surface area contributed by atoms with Crippen LogP contribution in [-0.2, 0) is 6.54 Å². The lowest BCUT2D eigenvalue weighted by atomic mass is 10.1. The topological polar surface area (TPSA) is 43.2 Å². The normalized spacial score (nSPS) is 16.9. The summed E-state index contributed by atoms with van der Waals surface area (Å²) in [6.07, 6.45) is 0. The Balaban J connectivity index is 1.34. The molecule has 0 bridgehead atoms. The zero-order chi connectivity index (χ0) is 17.2. The summed E-state index contributed by atoms with van der Waals surface area (Å²) in [5.41, 5.74) is 1.89. The first-order chi connectivity index (χ1) is 12.2. The monoisotopic (exact) mass is 359 g/mol. The van der Waals surface area contributed by atoms with Crippen molar-refractivity contribution in [2.75, 3.05) is 33.0 Å². The molecule has 2 aliphatic heterocycles. The summed E-state index contributed by atoms with van der Waals surface area (Å²) in [7, 11) is 0. The van der Waals surface area contributed by atoms with Crippen LogP contribution in [0.15, 0.2) is 42.5 Å². The van der Waals surface area contributed by atoms with Crippen LogP contribution in [0.25, 0.3) is 0 Å². The number of carbonyl (C=O) groups is 1. The predicted molar refractivity (Wildman–Crippen MR) is 94.3 cm³/mol. The van der Waals surface area contributed by atoms with Crippen LogP contribution < -0.4 is 14.4 Å². The number of fused-ring (bicyclic) bond motifs is 1. The zero-order valence-corrected chi connectivity index (χ0v) is 14.6. The molecular formula is C19H20ClN2O3+. The highest BCUT2D eigenvalue weighted by Gasteiger charge is 2.25. The lowest BCUT2D eigenvalue weighted by Crippen LogP contribution is -3.13. The van der Waals surface area contributed by atoms with Gasteiger partial charge in [0.1, 0.15) is 6.54 Å². The van der Waals surface area contributed by atoms with E-state index < -0.39 is 0 Å². The van der Waals surface area contributed by atoms with Crippen LogP contribution in [0.5, 0.6) is 11.5 Å². The fourth-order valence-corrected chi connectivity index (χ4v) is 3.54. The van der Waals surface area contributed by atoms with Gasteiger partial charge in [0.15, 0.2) is 11.5 Å². The van der Waals surface area contributed by atoms with E-state index in [4.69, 9.17) is 21.1 Å². The number of nitrogens with zero attached hydrogens (tertiary/aromatic N) is 1. The average molecular weight is 360 g/mol. The third-order valence-electron chi connectivity index (χ3n) is 4.72. The van der Waals surface area contributed by atoms with Crippen molar-refractivity contribution >= 4 is 17.5 Å². The summed E-state index contributed by atoms with van der Waals surface area (Å²) in [4.78, 5) is 16.0. The van der Waals surface area contributed by atoms with Gasteiger partial charge in [0.2, 0.25) is 6.79 Å². The number of piperazine rings is 1. The van der Waals surface area contributed by atoms with E-state index in [1.807, 2.05) is 23.1 Å². The van der Waals surface area contributed by atoms with Gasteiger partial charge in [0, 0.05) is 16.1 Å². The summed E-state index contributed by atoms with van der Waals surface area (Å²) < 4.78 is 10.8. The number of rotatable bonds is 3. The largest absolute Gasteiger partial charge is 0.454 e. The third-order valence-corrected chi connectivity index (χ3v) is 4.96. The molecule has 5 nitrogen and oxygen atoms in total. The van der Waals surface area contributed by atoms with Gasteiger partial charge in [-0.2, -0.15) is 0 Å². The van der Waals surface area contributed by atoms with Gasteiger partial charge in [-0.25, -0.2) is 0 Å². The lowest BCUT2D eigenvalue weighted by molar-refractivity contribution is -0.917. The van der Waals surface area contributed by atoms with E-state index in [0.29, 0.717) is 17.4 Å². The molecule has 2 aromatic carbocycles. The Morgan fingerprint density at radius 1 is 1.08 bits per heavy atom. The molecule has 0 radical (unpaired) electrons. The van der Waals surface area contributed by atoms with Crippen LogP contribution >= 0.6 is 11.6 Å².